The van der Waals surface area contributed by atoms with Crippen molar-refractivity contribution >= 4 is 5.69 Å². The van der Waals surface area contributed by atoms with Gasteiger partial charge in [-0.1, -0.05) is 18.2 Å². The molecule has 0 radical (unpaired) electrons. The molecule has 2 aromatic rings. The number of aromatic nitrogens is 2. The lowest BCUT2D eigenvalue weighted by Gasteiger charge is -2.20. The minimum absolute atomic E-state index is 0.0751. The Morgan fingerprint density at radius 2 is 2.17 bits per heavy atom. The third-order valence-electron chi connectivity index (χ3n) is 4.00. The molecule has 0 aliphatic rings. The van der Waals surface area contributed by atoms with Crippen molar-refractivity contribution < 1.29 is 10.0 Å². The summed E-state index contributed by atoms with van der Waals surface area (Å²) in [7, 11) is 0. The Morgan fingerprint density at radius 1 is 1.43 bits per heavy atom. The summed E-state index contributed by atoms with van der Waals surface area (Å²) in [4.78, 5) is 10.1. The molecule has 0 aliphatic heterocycles. The van der Waals surface area contributed by atoms with Crippen LogP contribution in [0.25, 0.3) is 0 Å². The molecule has 0 spiro atoms. The summed E-state index contributed by atoms with van der Waals surface area (Å²) < 4.78 is 1.38. The average Bonchev–Trinajstić information content (AvgIpc) is 2.96. The summed E-state index contributed by atoms with van der Waals surface area (Å²) in [6, 6.07) is 6.28. The Bertz CT molecular complexity index is 684. The van der Waals surface area contributed by atoms with Gasteiger partial charge >= 0.3 is 5.69 Å². The van der Waals surface area contributed by atoms with Gasteiger partial charge in [0.1, 0.15) is 12.4 Å². The molecule has 0 saturated carbocycles. The second-order valence-electron chi connectivity index (χ2n) is 5.75. The molecule has 2 atom stereocenters. The van der Waals surface area contributed by atoms with Crippen molar-refractivity contribution in [2.45, 2.75) is 39.5 Å². The number of nitro groups is 1. The first-order valence-corrected chi connectivity index (χ1v) is 7.53. The van der Waals surface area contributed by atoms with Crippen LogP contribution >= 0.6 is 0 Å². The minimum Gasteiger partial charge on any atom is -0.390 e. The number of nitrogens with one attached hydrogen (secondary N) is 1. The third kappa shape index (κ3) is 4.37. The molecular formula is C16H22N4O3. The van der Waals surface area contributed by atoms with Gasteiger partial charge < -0.3 is 10.4 Å². The van der Waals surface area contributed by atoms with Gasteiger partial charge in [0, 0.05) is 12.6 Å². The van der Waals surface area contributed by atoms with Gasteiger partial charge in [0.15, 0.2) is 0 Å². The standard InChI is InChI=1S/C16H22N4O3/c1-11-5-4-6-16(12(11)2)13(3)17-8-15(21)10-19-9-14(7-18-19)20(22)23/h4-7,9,13,15,17,21H,8,10H2,1-3H3. The molecule has 1 aromatic heterocycles. The number of rotatable bonds is 7. The summed E-state index contributed by atoms with van der Waals surface area (Å²) in [5, 5.41) is 27.9. The van der Waals surface area contributed by atoms with Crippen molar-refractivity contribution in [3.05, 3.63) is 57.4 Å². The molecule has 124 valence electrons. The Balaban J connectivity index is 1.89. The van der Waals surface area contributed by atoms with E-state index in [0.717, 1.165) is 0 Å². The maximum absolute atomic E-state index is 10.6. The van der Waals surface area contributed by atoms with Crippen LogP contribution in [0, 0.1) is 24.0 Å². The van der Waals surface area contributed by atoms with Gasteiger partial charge in [0.25, 0.3) is 0 Å². The zero-order chi connectivity index (χ0) is 17.0. The lowest BCUT2D eigenvalue weighted by atomic mass is 9.98. The molecule has 2 N–H and O–H groups in total. The maximum atomic E-state index is 10.6. The van der Waals surface area contributed by atoms with Crippen molar-refractivity contribution in [3.8, 4) is 0 Å². The SMILES string of the molecule is Cc1cccc(C(C)NCC(O)Cn2cc([N+](=O)[O-])cn2)c1C. The summed E-state index contributed by atoms with van der Waals surface area (Å²) in [6.07, 6.45) is 1.82. The molecule has 1 aromatic carbocycles. The highest BCUT2D eigenvalue weighted by Crippen LogP contribution is 2.20. The fourth-order valence-corrected chi connectivity index (χ4v) is 2.49. The van der Waals surface area contributed by atoms with Crippen molar-refractivity contribution in [1.29, 1.82) is 0 Å². The van der Waals surface area contributed by atoms with E-state index in [1.54, 1.807) is 0 Å². The van der Waals surface area contributed by atoms with E-state index in [9.17, 15) is 15.2 Å². The Morgan fingerprint density at radius 3 is 2.83 bits per heavy atom. The number of aliphatic hydroxyl groups excluding tert-OH is 1. The number of hydrogen-bond acceptors (Lipinski definition) is 5. The van der Waals surface area contributed by atoms with Crippen LogP contribution < -0.4 is 5.32 Å². The van der Waals surface area contributed by atoms with Crippen LogP contribution in [0.1, 0.15) is 29.7 Å². The molecule has 2 rings (SSSR count). The maximum Gasteiger partial charge on any atom is 0.306 e. The van der Waals surface area contributed by atoms with E-state index in [1.165, 1.54) is 33.8 Å². The van der Waals surface area contributed by atoms with Crippen molar-refractivity contribution in [3.63, 3.8) is 0 Å². The number of aliphatic hydroxyl groups is 1. The number of nitrogens with zero attached hydrogens (tertiary/aromatic N) is 3. The summed E-state index contributed by atoms with van der Waals surface area (Å²) in [5.74, 6) is 0. The molecule has 0 fully saturated rings. The monoisotopic (exact) mass is 318 g/mol. The van der Waals surface area contributed by atoms with Crippen LogP contribution in [0.15, 0.2) is 30.6 Å². The highest BCUT2D eigenvalue weighted by Gasteiger charge is 2.14. The molecule has 0 bridgehead atoms. The second-order valence-corrected chi connectivity index (χ2v) is 5.75. The van der Waals surface area contributed by atoms with E-state index >= 15 is 0 Å². The first-order chi connectivity index (χ1) is 10.9. The van der Waals surface area contributed by atoms with Crippen LogP contribution in [-0.2, 0) is 6.54 Å². The fraction of sp³-hybridized carbons (Fsp3) is 0.438. The Labute approximate surface area is 135 Å². The molecule has 0 aliphatic carbocycles. The quantitative estimate of drug-likeness (QED) is 0.602. The van der Waals surface area contributed by atoms with Gasteiger partial charge in [-0.3, -0.25) is 14.8 Å². The van der Waals surface area contributed by atoms with Crippen LogP contribution in [0.3, 0.4) is 0 Å². The van der Waals surface area contributed by atoms with Crippen LogP contribution in [0.4, 0.5) is 5.69 Å². The molecular weight excluding hydrogens is 296 g/mol. The first kappa shape index (κ1) is 17.1. The molecule has 23 heavy (non-hydrogen) atoms. The van der Waals surface area contributed by atoms with E-state index in [2.05, 4.69) is 36.4 Å². The van der Waals surface area contributed by atoms with Gasteiger partial charge in [-0.25, -0.2) is 0 Å². The molecule has 0 amide bonds. The van der Waals surface area contributed by atoms with Gasteiger partial charge in [0.05, 0.1) is 17.6 Å². The van der Waals surface area contributed by atoms with E-state index in [4.69, 9.17) is 0 Å². The lowest BCUT2D eigenvalue weighted by molar-refractivity contribution is -0.385. The van der Waals surface area contributed by atoms with Crippen molar-refractivity contribution in [1.82, 2.24) is 15.1 Å². The molecule has 0 saturated heterocycles. The highest BCUT2D eigenvalue weighted by atomic mass is 16.6. The Hall–Kier alpha value is -2.25. The molecule has 7 nitrogen and oxygen atoms in total. The zero-order valence-electron chi connectivity index (χ0n) is 13.6. The second kappa shape index (κ2) is 7.34. The number of hydrogen-bond donors (Lipinski definition) is 2. The predicted octanol–water partition coefficient (Wildman–Crippen LogP) is 2.12. The Kier molecular flexibility index (Phi) is 5.46. The highest BCUT2D eigenvalue weighted by molar-refractivity contribution is 5.35. The van der Waals surface area contributed by atoms with Crippen molar-refractivity contribution in [2.24, 2.45) is 0 Å². The topological polar surface area (TPSA) is 93.2 Å². The summed E-state index contributed by atoms with van der Waals surface area (Å²) in [5.41, 5.74) is 3.60. The average molecular weight is 318 g/mol. The molecule has 2 unspecified atom stereocenters. The number of aryl methyl sites for hydroxylation is 1. The summed E-state index contributed by atoms with van der Waals surface area (Å²) >= 11 is 0. The normalized spacial score (nSPS) is 13.7. The minimum atomic E-state index is -0.679. The smallest absolute Gasteiger partial charge is 0.306 e. The van der Waals surface area contributed by atoms with E-state index in [0.29, 0.717) is 6.54 Å². The van der Waals surface area contributed by atoms with Crippen molar-refractivity contribution in [2.75, 3.05) is 6.54 Å². The molecule has 1 heterocycles. The predicted molar refractivity (Wildman–Crippen MR) is 87.2 cm³/mol. The van der Waals surface area contributed by atoms with Gasteiger partial charge in [-0.2, -0.15) is 5.10 Å². The van der Waals surface area contributed by atoms with Crippen LogP contribution in [0.5, 0.6) is 0 Å². The number of benzene rings is 1. The first-order valence-electron chi connectivity index (χ1n) is 7.53. The van der Waals surface area contributed by atoms with Gasteiger partial charge in [-0.05, 0) is 37.5 Å². The van der Waals surface area contributed by atoms with Crippen LogP contribution in [0.2, 0.25) is 0 Å². The van der Waals surface area contributed by atoms with Gasteiger partial charge in [0.2, 0.25) is 0 Å². The fourth-order valence-electron chi connectivity index (χ4n) is 2.49. The van der Waals surface area contributed by atoms with E-state index in [-0.39, 0.29) is 18.3 Å². The van der Waals surface area contributed by atoms with E-state index in [1.807, 2.05) is 13.0 Å². The van der Waals surface area contributed by atoms with E-state index < -0.39 is 11.0 Å². The summed E-state index contributed by atoms with van der Waals surface area (Å²) in [6.45, 7) is 6.79. The lowest BCUT2D eigenvalue weighted by Crippen LogP contribution is -2.32. The van der Waals surface area contributed by atoms with Crippen LogP contribution in [-0.4, -0.2) is 32.5 Å². The largest absolute Gasteiger partial charge is 0.390 e. The van der Waals surface area contributed by atoms with Gasteiger partial charge in [-0.15, -0.1) is 0 Å². The molecule has 7 heteroatoms. The third-order valence-corrected chi connectivity index (χ3v) is 4.00. The zero-order valence-corrected chi connectivity index (χ0v) is 13.6.